The summed E-state index contributed by atoms with van der Waals surface area (Å²) in [6.45, 7) is 5.59. The van der Waals surface area contributed by atoms with E-state index in [4.69, 9.17) is 0 Å². The molecular weight excluding hydrogens is 423 g/mol. The number of alkyl halides is 3. The zero-order chi connectivity index (χ0) is 23.5. The number of H-pyrrole nitrogens is 1. The van der Waals surface area contributed by atoms with Gasteiger partial charge in [-0.15, -0.1) is 0 Å². The molecule has 3 rings (SSSR count). The van der Waals surface area contributed by atoms with E-state index in [-0.39, 0.29) is 17.3 Å². The molecule has 10 heteroatoms. The minimum Gasteiger partial charge on any atom is -0.508 e. The minimum atomic E-state index is -4.48. The molecule has 0 atom stereocenters. The summed E-state index contributed by atoms with van der Waals surface area (Å²) in [5.41, 5.74) is 0.0594. The number of carbonyl (C=O) groups excluding carboxylic acids is 1. The van der Waals surface area contributed by atoms with Gasteiger partial charge in [0.25, 0.3) is 5.91 Å². The van der Waals surface area contributed by atoms with E-state index in [2.05, 4.69) is 25.8 Å². The number of anilines is 1. The lowest BCUT2D eigenvalue weighted by Crippen LogP contribution is -2.44. The Morgan fingerprint density at radius 2 is 1.66 bits per heavy atom. The molecule has 0 aliphatic rings. The molecule has 7 nitrogen and oxygen atoms in total. The molecule has 2 aromatic carbocycles. The monoisotopic (exact) mass is 445 g/mol. The maximum atomic E-state index is 12.7. The predicted octanol–water partition coefficient (Wildman–Crippen LogP) is 4.80. The molecule has 0 fully saturated rings. The van der Waals surface area contributed by atoms with Gasteiger partial charge in [0.15, 0.2) is 0 Å². The maximum absolute atomic E-state index is 12.7. The average Bonchev–Trinajstić information content (AvgIpc) is 3.15. The van der Waals surface area contributed by atoms with Crippen LogP contribution in [-0.2, 0) is 6.18 Å². The van der Waals surface area contributed by atoms with Gasteiger partial charge in [0, 0.05) is 22.7 Å². The minimum absolute atomic E-state index is 0.0161. The second kappa shape index (κ2) is 8.74. The van der Waals surface area contributed by atoms with Gasteiger partial charge in [-0.05, 0) is 69.3 Å². The molecule has 32 heavy (non-hydrogen) atoms. The van der Waals surface area contributed by atoms with Gasteiger partial charge in [0.05, 0.1) is 11.3 Å². The zero-order valence-corrected chi connectivity index (χ0v) is 17.6. The average molecular weight is 445 g/mol. The Kier molecular flexibility index (Phi) is 6.24. The van der Waals surface area contributed by atoms with E-state index in [9.17, 15) is 23.1 Å². The lowest BCUT2D eigenvalue weighted by atomic mass is 10.1. The van der Waals surface area contributed by atoms with Crippen LogP contribution in [-0.4, -0.2) is 32.7 Å². The Balaban J connectivity index is 1.83. The Hall–Kier alpha value is -3.82. The highest BCUT2D eigenvalue weighted by Crippen LogP contribution is 2.29. The van der Waals surface area contributed by atoms with Crippen molar-refractivity contribution < 1.29 is 23.1 Å². The van der Waals surface area contributed by atoms with E-state index in [1.54, 1.807) is 18.2 Å². The number of nitrogens with one attached hydrogen (secondary N) is 3. The number of halogens is 3. The van der Waals surface area contributed by atoms with Crippen molar-refractivity contribution in [2.24, 2.45) is 4.99 Å². The Labute approximate surface area is 182 Å². The molecule has 0 spiro atoms. The van der Waals surface area contributed by atoms with Gasteiger partial charge < -0.3 is 15.7 Å². The molecule has 1 amide bonds. The fourth-order valence-corrected chi connectivity index (χ4v) is 2.70. The van der Waals surface area contributed by atoms with Crippen LogP contribution in [0.1, 0.15) is 36.7 Å². The van der Waals surface area contributed by atoms with Gasteiger partial charge in [0.2, 0.25) is 5.96 Å². The summed E-state index contributed by atoms with van der Waals surface area (Å²) in [5.74, 6) is -0.0449. The van der Waals surface area contributed by atoms with Crippen molar-refractivity contribution in [1.29, 1.82) is 0 Å². The van der Waals surface area contributed by atoms with Gasteiger partial charge in [-0.1, -0.05) is 0 Å². The predicted molar refractivity (Wildman–Crippen MR) is 115 cm³/mol. The SMILES string of the molecule is CC(C)(C)N/C(=N/C(=O)c1ccc(C(F)(F)F)cc1)Nc1cc(-c2ccc(O)cc2)n[nH]1. The summed E-state index contributed by atoms with van der Waals surface area (Å²) in [7, 11) is 0. The van der Waals surface area contributed by atoms with E-state index < -0.39 is 23.2 Å². The van der Waals surface area contributed by atoms with E-state index in [1.165, 1.54) is 12.1 Å². The third-order valence-corrected chi connectivity index (χ3v) is 4.16. The summed E-state index contributed by atoms with van der Waals surface area (Å²) in [6.07, 6.45) is -4.48. The Morgan fingerprint density at radius 3 is 2.22 bits per heavy atom. The number of aromatic amines is 1. The van der Waals surface area contributed by atoms with Crippen LogP contribution < -0.4 is 10.6 Å². The largest absolute Gasteiger partial charge is 0.508 e. The zero-order valence-electron chi connectivity index (χ0n) is 17.6. The van der Waals surface area contributed by atoms with Crippen molar-refractivity contribution in [3.05, 3.63) is 65.7 Å². The van der Waals surface area contributed by atoms with Crippen LogP contribution >= 0.6 is 0 Å². The second-order valence-electron chi connectivity index (χ2n) is 8.05. The quantitative estimate of drug-likeness (QED) is 0.343. The second-order valence-corrected chi connectivity index (χ2v) is 8.05. The fourth-order valence-electron chi connectivity index (χ4n) is 2.70. The highest BCUT2D eigenvalue weighted by Gasteiger charge is 2.30. The molecule has 4 N–H and O–H groups in total. The number of hydrogen-bond donors (Lipinski definition) is 4. The molecule has 0 radical (unpaired) electrons. The number of rotatable bonds is 3. The van der Waals surface area contributed by atoms with Crippen molar-refractivity contribution in [2.75, 3.05) is 5.32 Å². The molecular formula is C22H22F3N5O2. The molecule has 0 saturated heterocycles. The number of aromatic nitrogens is 2. The van der Waals surface area contributed by atoms with E-state index in [1.807, 2.05) is 20.8 Å². The standard InChI is InChI=1S/C22H22F3N5O2/c1-21(2,3)28-20(27-19(32)14-4-8-15(9-5-14)22(23,24)25)26-18-12-17(29-30-18)13-6-10-16(31)11-7-13/h4-12,31H,1-3H3,(H3,26,27,28,29,30,32). The first-order valence-corrected chi connectivity index (χ1v) is 9.61. The van der Waals surface area contributed by atoms with Crippen LogP contribution in [0.25, 0.3) is 11.3 Å². The third-order valence-electron chi connectivity index (χ3n) is 4.16. The van der Waals surface area contributed by atoms with Crippen molar-refractivity contribution in [1.82, 2.24) is 15.5 Å². The Morgan fingerprint density at radius 1 is 1.03 bits per heavy atom. The summed E-state index contributed by atoms with van der Waals surface area (Å²) < 4.78 is 38.2. The van der Waals surface area contributed by atoms with Crippen LogP contribution in [0.4, 0.5) is 19.0 Å². The van der Waals surface area contributed by atoms with Gasteiger partial charge >= 0.3 is 6.18 Å². The lowest BCUT2D eigenvalue weighted by molar-refractivity contribution is -0.137. The summed E-state index contributed by atoms with van der Waals surface area (Å²) in [4.78, 5) is 16.6. The summed E-state index contributed by atoms with van der Waals surface area (Å²) in [6, 6.07) is 12.0. The van der Waals surface area contributed by atoms with Crippen molar-refractivity contribution in [3.8, 4) is 17.0 Å². The van der Waals surface area contributed by atoms with Crippen molar-refractivity contribution in [2.45, 2.75) is 32.5 Å². The maximum Gasteiger partial charge on any atom is 0.416 e. The van der Waals surface area contributed by atoms with Crippen LogP contribution in [0.5, 0.6) is 5.75 Å². The molecule has 0 aliphatic heterocycles. The number of phenolic OH excluding ortho intramolecular Hbond substituents is 1. The number of nitrogens with zero attached hydrogens (tertiary/aromatic N) is 2. The van der Waals surface area contributed by atoms with Crippen molar-refractivity contribution in [3.63, 3.8) is 0 Å². The van der Waals surface area contributed by atoms with Gasteiger partial charge in [-0.3, -0.25) is 9.89 Å². The topological polar surface area (TPSA) is 102 Å². The van der Waals surface area contributed by atoms with Gasteiger partial charge in [0.1, 0.15) is 11.6 Å². The van der Waals surface area contributed by atoms with E-state index in [0.717, 1.165) is 29.8 Å². The number of phenols is 1. The molecule has 3 aromatic rings. The number of amides is 1. The van der Waals surface area contributed by atoms with Crippen molar-refractivity contribution >= 4 is 17.7 Å². The normalized spacial score (nSPS) is 12.5. The first kappa shape index (κ1) is 22.9. The summed E-state index contributed by atoms with van der Waals surface area (Å²) >= 11 is 0. The van der Waals surface area contributed by atoms with Crippen LogP contribution in [0.2, 0.25) is 0 Å². The molecule has 0 bridgehead atoms. The number of benzene rings is 2. The molecule has 1 aromatic heterocycles. The van der Waals surface area contributed by atoms with E-state index in [0.29, 0.717) is 11.5 Å². The van der Waals surface area contributed by atoms with Gasteiger partial charge in [-0.2, -0.15) is 23.3 Å². The molecule has 168 valence electrons. The molecule has 0 saturated carbocycles. The third kappa shape index (κ3) is 6.10. The molecule has 1 heterocycles. The highest BCUT2D eigenvalue weighted by molar-refractivity contribution is 6.06. The highest BCUT2D eigenvalue weighted by atomic mass is 19.4. The van der Waals surface area contributed by atoms with Gasteiger partial charge in [-0.25, -0.2) is 0 Å². The first-order valence-electron chi connectivity index (χ1n) is 9.61. The first-order chi connectivity index (χ1) is 14.9. The number of aliphatic imine (C=N–C) groups is 1. The smallest absolute Gasteiger partial charge is 0.416 e. The fraction of sp³-hybridized carbons (Fsp3) is 0.227. The van der Waals surface area contributed by atoms with Crippen LogP contribution in [0.15, 0.2) is 59.6 Å². The Bertz CT molecular complexity index is 1110. The number of hydrogen-bond acceptors (Lipinski definition) is 3. The van der Waals surface area contributed by atoms with E-state index >= 15 is 0 Å². The lowest BCUT2D eigenvalue weighted by Gasteiger charge is -2.23. The van der Waals surface area contributed by atoms with Crippen LogP contribution in [0.3, 0.4) is 0 Å². The molecule has 0 aliphatic carbocycles. The summed E-state index contributed by atoms with van der Waals surface area (Å²) in [5, 5.41) is 22.4. The number of carbonyl (C=O) groups is 1. The van der Waals surface area contributed by atoms with Crippen LogP contribution in [0, 0.1) is 0 Å². The molecule has 0 unspecified atom stereocenters. The number of guanidine groups is 1. The number of aromatic hydroxyl groups is 1.